The Kier molecular flexibility index (Phi) is 14.6. The Morgan fingerprint density at radius 3 is 1.82 bits per heavy atom. The number of nitrogens with two attached hydrogens (primary N) is 2. The molecule has 2 aromatic rings. The number of carbonyl (C=O) groups is 5. The summed E-state index contributed by atoms with van der Waals surface area (Å²) in [4.78, 5) is 71.5. The minimum Gasteiger partial charge on any atom is -0.345 e. The van der Waals surface area contributed by atoms with Gasteiger partial charge >= 0.3 is 0 Å². The molecule has 12 heteroatoms. The summed E-state index contributed by atoms with van der Waals surface area (Å²) < 4.78 is 0. The maximum atomic E-state index is 14.0. The molecule has 2 aliphatic heterocycles. The number of piperidine rings is 1. The summed E-state index contributed by atoms with van der Waals surface area (Å²) in [6, 6.07) is 15.1. The SMILES string of the molecule is CC(C)C[C@@H](NC(=O)[C@@H](Cc1ccccc1)NC(=O)[C@H](N)Cc1ccccc1)C(=O)N[C@H](CCCCN)C(=O)N1CCC2(CCN(C)C2=O)CC1. The number of nitrogens with one attached hydrogen (secondary N) is 3. The number of nitrogens with zero attached hydrogens (tertiary/aromatic N) is 2. The summed E-state index contributed by atoms with van der Waals surface area (Å²) in [5, 5.41) is 8.71. The Bertz CT molecular complexity index is 1460. The molecule has 7 N–H and O–H groups in total. The van der Waals surface area contributed by atoms with E-state index in [1.807, 2.05) is 81.6 Å². The second kappa shape index (κ2) is 18.8. The van der Waals surface area contributed by atoms with Crippen LogP contribution in [0.5, 0.6) is 0 Å². The third kappa shape index (κ3) is 11.1. The molecule has 0 aromatic heterocycles. The predicted octanol–water partition coefficient (Wildman–Crippen LogP) is 1.90. The summed E-state index contributed by atoms with van der Waals surface area (Å²) in [7, 11) is 1.82. The fourth-order valence-corrected chi connectivity index (χ4v) is 7.13. The van der Waals surface area contributed by atoms with Crippen LogP contribution in [0.4, 0.5) is 0 Å². The van der Waals surface area contributed by atoms with Crippen LogP contribution in [0.3, 0.4) is 0 Å². The lowest BCUT2D eigenvalue weighted by Crippen LogP contribution is -2.59. The van der Waals surface area contributed by atoms with Crippen LogP contribution in [0, 0.1) is 11.3 Å². The van der Waals surface area contributed by atoms with Gasteiger partial charge in [-0.3, -0.25) is 24.0 Å². The molecular formula is C39H57N7O5. The van der Waals surface area contributed by atoms with Gasteiger partial charge in [0.15, 0.2) is 0 Å². The van der Waals surface area contributed by atoms with E-state index in [0.717, 1.165) is 24.1 Å². The maximum Gasteiger partial charge on any atom is 0.245 e. The summed E-state index contributed by atoms with van der Waals surface area (Å²) in [5.41, 5.74) is 13.4. The molecule has 0 unspecified atom stereocenters. The zero-order valence-electron chi connectivity index (χ0n) is 30.4. The molecule has 2 fully saturated rings. The second-order valence-electron chi connectivity index (χ2n) is 14.7. The van der Waals surface area contributed by atoms with Crippen molar-refractivity contribution < 1.29 is 24.0 Å². The van der Waals surface area contributed by atoms with E-state index in [4.69, 9.17) is 11.5 Å². The van der Waals surface area contributed by atoms with E-state index in [2.05, 4.69) is 16.0 Å². The zero-order valence-corrected chi connectivity index (χ0v) is 30.4. The first-order chi connectivity index (χ1) is 24.4. The predicted molar refractivity (Wildman–Crippen MR) is 197 cm³/mol. The fraction of sp³-hybridized carbons (Fsp3) is 0.564. The molecule has 2 heterocycles. The summed E-state index contributed by atoms with van der Waals surface area (Å²) in [6.45, 7) is 5.99. The average molecular weight is 704 g/mol. The minimum atomic E-state index is -0.996. The molecule has 12 nitrogen and oxygen atoms in total. The van der Waals surface area contributed by atoms with E-state index in [1.165, 1.54) is 0 Å². The number of amides is 5. The van der Waals surface area contributed by atoms with Crippen molar-refractivity contribution in [2.24, 2.45) is 22.8 Å². The first-order valence-corrected chi connectivity index (χ1v) is 18.4. The molecule has 5 amide bonds. The van der Waals surface area contributed by atoms with E-state index in [-0.39, 0.29) is 24.2 Å². The highest BCUT2D eigenvalue weighted by Gasteiger charge is 2.48. The third-order valence-electron chi connectivity index (χ3n) is 10.2. The van der Waals surface area contributed by atoms with Crippen molar-refractivity contribution in [3.8, 4) is 0 Å². The summed E-state index contributed by atoms with van der Waals surface area (Å²) in [6.07, 6.45) is 4.55. The van der Waals surface area contributed by atoms with E-state index < -0.39 is 47.3 Å². The van der Waals surface area contributed by atoms with Gasteiger partial charge < -0.3 is 37.2 Å². The van der Waals surface area contributed by atoms with Crippen molar-refractivity contribution in [2.45, 2.75) is 95.8 Å². The molecule has 0 bridgehead atoms. The number of unbranched alkanes of at least 4 members (excludes halogenated alkanes) is 1. The number of carbonyl (C=O) groups excluding carboxylic acids is 5. The quantitative estimate of drug-likeness (QED) is 0.156. The highest BCUT2D eigenvalue weighted by atomic mass is 16.2. The minimum absolute atomic E-state index is 0.0364. The van der Waals surface area contributed by atoms with Crippen molar-refractivity contribution >= 4 is 29.5 Å². The number of benzene rings is 2. The Morgan fingerprint density at radius 2 is 1.27 bits per heavy atom. The normalized spacial score (nSPS) is 17.9. The van der Waals surface area contributed by atoms with Crippen LogP contribution in [0.2, 0.25) is 0 Å². The molecule has 0 saturated carbocycles. The molecule has 0 radical (unpaired) electrons. The lowest BCUT2D eigenvalue weighted by Gasteiger charge is -2.39. The van der Waals surface area contributed by atoms with Gasteiger partial charge in [0.25, 0.3) is 0 Å². The second-order valence-corrected chi connectivity index (χ2v) is 14.7. The lowest BCUT2D eigenvalue weighted by molar-refractivity contribution is -0.144. The van der Waals surface area contributed by atoms with E-state index in [1.54, 1.807) is 9.80 Å². The lowest BCUT2D eigenvalue weighted by atomic mass is 9.77. The van der Waals surface area contributed by atoms with Crippen LogP contribution in [0.15, 0.2) is 60.7 Å². The van der Waals surface area contributed by atoms with Crippen LogP contribution < -0.4 is 27.4 Å². The largest absolute Gasteiger partial charge is 0.345 e. The number of likely N-dealkylation sites (tertiary alicyclic amines) is 2. The molecular weight excluding hydrogens is 646 g/mol. The van der Waals surface area contributed by atoms with Gasteiger partial charge in [-0.25, -0.2) is 0 Å². The average Bonchev–Trinajstić information content (AvgIpc) is 3.39. The van der Waals surface area contributed by atoms with Crippen molar-refractivity contribution in [3.63, 3.8) is 0 Å². The molecule has 278 valence electrons. The first kappa shape index (κ1) is 39.5. The van der Waals surface area contributed by atoms with E-state index in [0.29, 0.717) is 64.6 Å². The van der Waals surface area contributed by atoms with Crippen LogP contribution >= 0.6 is 0 Å². The van der Waals surface area contributed by atoms with Gasteiger partial charge in [-0.1, -0.05) is 74.5 Å². The van der Waals surface area contributed by atoms with Gasteiger partial charge in [-0.15, -0.1) is 0 Å². The van der Waals surface area contributed by atoms with Crippen LogP contribution in [0.25, 0.3) is 0 Å². The molecule has 2 aromatic carbocycles. The smallest absolute Gasteiger partial charge is 0.245 e. The first-order valence-electron chi connectivity index (χ1n) is 18.4. The highest BCUT2D eigenvalue weighted by molar-refractivity contribution is 5.95. The fourth-order valence-electron chi connectivity index (χ4n) is 7.13. The molecule has 2 saturated heterocycles. The van der Waals surface area contributed by atoms with Crippen LogP contribution in [0.1, 0.15) is 69.9 Å². The molecule has 0 aliphatic carbocycles. The Balaban J connectivity index is 1.46. The van der Waals surface area contributed by atoms with Crippen molar-refractivity contribution in [3.05, 3.63) is 71.8 Å². The Morgan fingerprint density at radius 1 is 0.745 bits per heavy atom. The molecule has 1 spiro atoms. The Labute approximate surface area is 302 Å². The van der Waals surface area contributed by atoms with Gasteiger partial charge in [-0.2, -0.15) is 0 Å². The zero-order chi connectivity index (χ0) is 37.0. The third-order valence-corrected chi connectivity index (χ3v) is 10.2. The standard InChI is InChI=1S/C39H57N7O5/c1-27(2)24-32(35(48)42-31(16-10-11-20-40)37(50)46-22-18-39(19-23-46)17-21-45(3)38(39)51)44-36(49)33(26-29-14-8-5-9-15-29)43-34(47)30(41)25-28-12-6-4-7-13-28/h4-9,12-15,27,30-33H,10-11,16-26,40-41H2,1-3H3,(H,42,48)(H,43,47)(H,44,49)/t30-,31-,32-,33-/m1/s1. The number of rotatable bonds is 17. The number of hydrogen-bond donors (Lipinski definition) is 5. The topological polar surface area (TPSA) is 180 Å². The maximum absolute atomic E-state index is 14.0. The molecule has 4 atom stereocenters. The van der Waals surface area contributed by atoms with Crippen molar-refractivity contribution in [1.82, 2.24) is 25.8 Å². The Hall–Kier alpha value is -4.29. The summed E-state index contributed by atoms with van der Waals surface area (Å²) >= 11 is 0. The summed E-state index contributed by atoms with van der Waals surface area (Å²) in [5.74, 6) is -1.46. The highest BCUT2D eigenvalue weighted by Crippen LogP contribution is 2.41. The van der Waals surface area contributed by atoms with E-state index in [9.17, 15) is 24.0 Å². The van der Waals surface area contributed by atoms with Crippen LogP contribution in [-0.4, -0.2) is 96.7 Å². The molecule has 51 heavy (non-hydrogen) atoms. The van der Waals surface area contributed by atoms with Crippen LogP contribution in [-0.2, 0) is 36.8 Å². The van der Waals surface area contributed by atoms with Gasteiger partial charge in [0.05, 0.1) is 11.5 Å². The van der Waals surface area contributed by atoms with Crippen molar-refractivity contribution in [2.75, 3.05) is 33.2 Å². The van der Waals surface area contributed by atoms with Gasteiger partial charge in [0.1, 0.15) is 18.1 Å². The monoisotopic (exact) mass is 703 g/mol. The van der Waals surface area contributed by atoms with E-state index >= 15 is 0 Å². The van der Waals surface area contributed by atoms with Gasteiger partial charge in [0, 0.05) is 33.1 Å². The van der Waals surface area contributed by atoms with Gasteiger partial charge in [0.2, 0.25) is 29.5 Å². The molecule has 4 rings (SSSR count). The van der Waals surface area contributed by atoms with Gasteiger partial charge in [-0.05, 0) is 75.0 Å². The van der Waals surface area contributed by atoms with Crippen molar-refractivity contribution in [1.29, 1.82) is 0 Å². The number of hydrogen-bond acceptors (Lipinski definition) is 7. The molecule has 2 aliphatic rings.